The second-order valence-corrected chi connectivity index (χ2v) is 6.80. The highest BCUT2D eigenvalue weighted by molar-refractivity contribution is 9.10. The van der Waals surface area contributed by atoms with Gasteiger partial charge in [-0.25, -0.2) is 4.39 Å². The number of aromatic nitrogens is 2. The second kappa shape index (κ2) is 6.06. The zero-order valence-electron chi connectivity index (χ0n) is 12.0. The van der Waals surface area contributed by atoms with Crippen LogP contribution in [0.15, 0.2) is 35.1 Å². The molecule has 0 amide bonds. The minimum absolute atomic E-state index is 0.0431. The highest BCUT2D eigenvalue weighted by atomic mass is 79.9. The summed E-state index contributed by atoms with van der Waals surface area (Å²) in [6.45, 7) is 7.48. The van der Waals surface area contributed by atoms with Gasteiger partial charge in [0.15, 0.2) is 0 Å². The topological polar surface area (TPSA) is 29.9 Å². The summed E-state index contributed by atoms with van der Waals surface area (Å²) in [4.78, 5) is 0. The van der Waals surface area contributed by atoms with E-state index < -0.39 is 0 Å². The monoisotopic (exact) mass is 339 g/mol. The lowest BCUT2D eigenvalue weighted by Gasteiger charge is -2.20. The summed E-state index contributed by atoms with van der Waals surface area (Å²) in [7, 11) is 0. The zero-order chi connectivity index (χ0) is 14.8. The predicted octanol–water partition coefficient (Wildman–Crippen LogP) is 3.72. The molecule has 0 unspecified atom stereocenters. The van der Waals surface area contributed by atoms with E-state index in [9.17, 15) is 4.39 Å². The van der Waals surface area contributed by atoms with Gasteiger partial charge in [-0.05, 0) is 54.4 Å². The molecule has 0 aliphatic rings. The zero-order valence-corrected chi connectivity index (χ0v) is 13.5. The number of hydrogen-bond donors (Lipinski definition) is 1. The van der Waals surface area contributed by atoms with Crippen molar-refractivity contribution in [2.24, 2.45) is 0 Å². The van der Waals surface area contributed by atoms with Gasteiger partial charge in [0.2, 0.25) is 0 Å². The van der Waals surface area contributed by atoms with E-state index in [1.807, 2.05) is 18.3 Å². The summed E-state index contributed by atoms with van der Waals surface area (Å²) < 4.78 is 16.5. The Hall–Kier alpha value is -1.20. The number of hydrogen-bond acceptors (Lipinski definition) is 2. The molecule has 5 heteroatoms. The first-order valence-electron chi connectivity index (χ1n) is 6.54. The van der Waals surface area contributed by atoms with E-state index in [2.05, 4.69) is 47.1 Å². The van der Waals surface area contributed by atoms with E-state index in [1.165, 1.54) is 6.07 Å². The smallest absolute Gasteiger partial charge is 0.128 e. The fraction of sp³-hybridized carbons (Fsp3) is 0.400. The third kappa shape index (κ3) is 4.42. The maximum absolute atomic E-state index is 13.9. The van der Waals surface area contributed by atoms with E-state index in [1.54, 1.807) is 10.9 Å². The van der Waals surface area contributed by atoms with Crippen LogP contribution in [-0.4, -0.2) is 15.3 Å². The molecular weight excluding hydrogens is 321 g/mol. The lowest BCUT2D eigenvalue weighted by molar-refractivity contribution is 0.424. The number of halogens is 2. The molecule has 0 fully saturated rings. The van der Waals surface area contributed by atoms with Crippen molar-refractivity contribution >= 4 is 15.9 Å². The fourth-order valence-corrected chi connectivity index (χ4v) is 2.15. The minimum Gasteiger partial charge on any atom is -0.308 e. The van der Waals surface area contributed by atoms with E-state index in [4.69, 9.17) is 0 Å². The molecule has 1 N–H and O–H groups in total. The van der Waals surface area contributed by atoms with Gasteiger partial charge in [-0.3, -0.25) is 4.68 Å². The first kappa shape index (κ1) is 15.2. The lowest BCUT2D eigenvalue weighted by atomic mass is 10.1. The van der Waals surface area contributed by atoms with Crippen LogP contribution < -0.4 is 5.32 Å². The Labute approximate surface area is 127 Å². The van der Waals surface area contributed by atoms with Gasteiger partial charge in [-0.1, -0.05) is 6.07 Å². The normalized spacial score (nSPS) is 11.8. The van der Waals surface area contributed by atoms with Crippen molar-refractivity contribution in [2.45, 2.75) is 39.4 Å². The van der Waals surface area contributed by atoms with Crippen LogP contribution in [-0.2, 0) is 13.1 Å². The summed E-state index contributed by atoms with van der Waals surface area (Å²) >= 11 is 3.34. The van der Waals surface area contributed by atoms with Crippen molar-refractivity contribution in [3.8, 4) is 0 Å². The van der Waals surface area contributed by atoms with Crippen LogP contribution in [0.4, 0.5) is 4.39 Å². The Kier molecular flexibility index (Phi) is 4.60. The molecule has 0 atom stereocenters. The number of rotatable bonds is 4. The van der Waals surface area contributed by atoms with Gasteiger partial charge in [0.1, 0.15) is 5.82 Å². The van der Waals surface area contributed by atoms with Gasteiger partial charge in [0.25, 0.3) is 0 Å². The highest BCUT2D eigenvalue weighted by Gasteiger charge is 2.10. The molecule has 0 spiro atoms. The summed E-state index contributed by atoms with van der Waals surface area (Å²) in [5.74, 6) is -0.198. The molecular formula is C15H19BrFN3. The molecule has 1 heterocycles. The van der Waals surface area contributed by atoms with Crippen LogP contribution in [0.3, 0.4) is 0 Å². The Morgan fingerprint density at radius 2 is 2.10 bits per heavy atom. The van der Waals surface area contributed by atoms with Crippen molar-refractivity contribution in [3.63, 3.8) is 0 Å². The predicted molar refractivity (Wildman–Crippen MR) is 82.0 cm³/mol. The van der Waals surface area contributed by atoms with Gasteiger partial charge < -0.3 is 5.32 Å². The van der Waals surface area contributed by atoms with Gasteiger partial charge in [0.05, 0.1) is 17.2 Å². The fourth-order valence-electron chi connectivity index (χ4n) is 1.83. The van der Waals surface area contributed by atoms with Gasteiger partial charge in [-0.15, -0.1) is 0 Å². The van der Waals surface area contributed by atoms with Crippen molar-refractivity contribution in [3.05, 3.63) is 52.0 Å². The molecule has 0 saturated heterocycles. The Bertz CT molecular complexity index is 587. The molecule has 108 valence electrons. The first-order chi connectivity index (χ1) is 9.33. The molecule has 2 rings (SSSR count). The Morgan fingerprint density at radius 3 is 2.70 bits per heavy atom. The van der Waals surface area contributed by atoms with Crippen molar-refractivity contribution in [1.29, 1.82) is 0 Å². The SMILES string of the molecule is CC(C)(C)NCc1ccc(F)c(Cn2cc(Br)cn2)c1. The molecule has 0 saturated carbocycles. The summed E-state index contributed by atoms with van der Waals surface area (Å²) in [5, 5.41) is 7.56. The van der Waals surface area contributed by atoms with Gasteiger partial charge in [0, 0.05) is 23.8 Å². The molecule has 0 bridgehead atoms. The third-order valence-electron chi connectivity index (χ3n) is 2.87. The number of nitrogens with zero attached hydrogens (tertiary/aromatic N) is 2. The lowest BCUT2D eigenvalue weighted by Crippen LogP contribution is -2.35. The van der Waals surface area contributed by atoms with Crippen LogP contribution >= 0.6 is 15.9 Å². The second-order valence-electron chi connectivity index (χ2n) is 5.89. The van der Waals surface area contributed by atoms with Gasteiger partial charge >= 0.3 is 0 Å². The quantitative estimate of drug-likeness (QED) is 0.919. The van der Waals surface area contributed by atoms with Crippen LogP contribution in [0.1, 0.15) is 31.9 Å². The number of nitrogens with one attached hydrogen (secondary N) is 1. The van der Waals surface area contributed by atoms with Gasteiger partial charge in [-0.2, -0.15) is 5.10 Å². The molecule has 1 aromatic carbocycles. The van der Waals surface area contributed by atoms with Crippen LogP contribution in [0.5, 0.6) is 0 Å². The summed E-state index contributed by atoms with van der Waals surface area (Å²) in [5.41, 5.74) is 1.76. The van der Waals surface area contributed by atoms with E-state index in [-0.39, 0.29) is 11.4 Å². The summed E-state index contributed by atoms with van der Waals surface area (Å²) in [6, 6.07) is 5.23. The van der Waals surface area contributed by atoms with Crippen molar-refractivity contribution in [1.82, 2.24) is 15.1 Å². The van der Waals surface area contributed by atoms with Crippen LogP contribution in [0.25, 0.3) is 0 Å². The Morgan fingerprint density at radius 1 is 1.35 bits per heavy atom. The van der Waals surface area contributed by atoms with Crippen LogP contribution in [0.2, 0.25) is 0 Å². The standard InChI is InChI=1S/C15H19BrFN3/c1-15(2,3)18-7-11-4-5-14(17)12(6-11)9-20-10-13(16)8-19-20/h4-6,8,10,18H,7,9H2,1-3H3. The highest BCUT2D eigenvalue weighted by Crippen LogP contribution is 2.14. The summed E-state index contributed by atoms with van der Waals surface area (Å²) in [6.07, 6.45) is 3.53. The average Bonchev–Trinajstić information content (AvgIpc) is 2.75. The maximum Gasteiger partial charge on any atom is 0.128 e. The molecule has 1 aromatic heterocycles. The molecule has 0 aliphatic heterocycles. The maximum atomic E-state index is 13.9. The third-order valence-corrected chi connectivity index (χ3v) is 3.28. The minimum atomic E-state index is -0.198. The van der Waals surface area contributed by atoms with E-state index in [0.717, 1.165) is 16.6 Å². The van der Waals surface area contributed by atoms with Crippen molar-refractivity contribution < 1.29 is 4.39 Å². The van der Waals surface area contributed by atoms with Crippen molar-refractivity contribution in [2.75, 3.05) is 0 Å². The first-order valence-corrected chi connectivity index (χ1v) is 7.33. The number of benzene rings is 1. The molecule has 0 radical (unpaired) electrons. The molecule has 20 heavy (non-hydrogen) atoms. The average molecular weight is 340 g/mol. The van der Waals surface area contributed by atoms with E-state index >= 15 is 0 Å². The van der Waals surface area contributed by atoms with Crippen LogP contribution in [0, 0.1) is 5.82 Å². The largest absolute Gasteiger partial charge is 0.308 e. The molecule has 0 aliphatic carbocycles. The van der Waals surface area contributed by atoms with E-state index in [0.29, 0.717) is 12.1 Å². The molecule has 2 aromatic rings. The molecule has 3 nitrogen and oxygen atoms in total. The Balaban J connectivity index is 2.12.